The number of methoxy groups -OCH3 is 1. The van der Waals surface area contributed by atoms with Crippen LogP contribution in [-0.4, -0.2) is 37.6 Å². The molecule has 276 valence electrons. The van der Waals surface area contributed by atoms with Gasteiger partial charge in [-0.15, -0.1) is 0 Å². The lowest BCUT2D eigenvalue weighted by Crippen LogP contribution is -2.39. The van der Waals surface area contributed by atoms with Crippen molar-refractivity contribution in [3.8, 4) is 11.1 Å². The minimum absolute atomic E-state index is 0.00333. The maximum atomic E-state index is 15.6. The number of aryl methyl sites for hydroxylation is 1. The summed E-state index contributed by atoms with van der Waals surface area (Å²) in [6.07, 6.45) is 0. The number of sulfonamides is 1. The van der Waals surface area contributed by atoms with Crippen molar-refractivity contribution in [1.29, 1.82) is 0 Å². The fourth-order valence-corrected chi connectivity index (χ4v) is 13.0. The van der Waals surface area contributed by atoms with Crippen LogP contribution in [-0.2, 0) is 19.6 Å². The van der Waals surface area contributed by atoms with Crippen LogP contribution in [0.3, 0.4) is 0 Å². The Balaban J connectivity index is 1.71. The molecule has 0 unspecified atom stereocenters. The van der Waals surface area contributed by atoms with Crippen LogP contribution in [0.15, 0.2) is 138 Å². The molecule has 1 aliphatic heterocycles. The van der Waals surface area contributed by atoms with Crippen molar-refractivity contribution in [3.05, 3.63) is 175 Å². The maximum absolute atomic E-state index is 15.6. The van der Waals surface area contributed by atoms with Gasteiger partial charge in [0.2, 0.25) is 0 Å². The highest BCUT2D eigenvalue weighted by Gasteiger charge is 2.47. The smallest absolute Gasteiger partial charge is 0.338 e. The van der Waals surface area contributed by atoms with Gasteiger partial charge in [0.1, 0.15) is 0 Å². The van der Waals surface area contributed by atoms with E-state index < -0.39 is 33.7 Å². The molecule has 1 amide bonds. The van der Waals surface area contributed by atoms with Crippen LogP contribution in [0, 0.1) is 17.0 Å². The Morgan fingerprint density at radius 1 is 0.709 bits per heavy atom. The van der Waals surface area contributed by atoms with Crippen LogP contribution in [0.2, 0.25) is 15.1 Å². The van der Waals surface area contributed by atoms with Crippen LogP contribution in [0.1, 0.15) is 21.5 Å². The second-order valence-corrected chi connectivity index (χ2v) is 19.0. The van der Waals surface area contributed by atoms with E-state index in [-0.39, 0.29) is 38.3 Å². The Morgan fingerprint density at radius 2 is 1.18 bits per heavy atom. The second kappa shape index (κ2) is 14.8. The number of carbonyl (C=O) groups excluding carboxylic acids is 2. The number of hydrogen-bond acceptors (Lipinski definition) is 7. The normalized spacial score (nSPS) is 12.8. The molecule has 14 heteroatoms. The van der Waals surface area contributed by atoms with Crippen molar-refractivity contribution in [1.82, 2.24) is 0 Å². The predicted molar refractivity (Wildman–Crippen MR) is 220 cm³/mol. The van der Waals surface area contributed by atoms with E-state index in [0.717, 1.165) is 9.87 Å². The predicted octanol–water partition coefficient (Wildman–Crippen LogP) is 8.57. The molecule has 0 spiro atoms. The van der Waals surface area contributed by atoms with Crippen molar-refractivity contribution in [3.63, 3.8) is 0 Å². The summed E-state index contributed by atoms with van der Waals surface area (Å²) in [6, 6.07) is 35.4. The molecule has 0 saturated carbocycles. The highest BCUT2D eigenvalue weighted by Crippen LogP contribution is 2.53. The minimum Gasteiger partial charge on any atom is -0.465 e. The molecule has 0 saturated heterocycles. The van der Waals surface area contributed by atoms with Crippen LogP contribution >= 0.6 is 41.7 Å². The van der Waals surface area contributed by atoms with E-state index in [1.54, 1.807) is 84.9 Å². The van der Waals surface area contributed by atoms with E-state index >= 15 is 4.79 Å². The summed E-state index contributed by atoms with van der Waals surface area (Å²) in [4.78, 5) is 40.1. The molecule has 0 atom stereocenters. The highest BCUT2D eigenvalue weighted by molar-refractivity contribution is 7.98. The number of rotatable bonds is 8. The molecule has 0 aliphatic carbocycles. The van der Waals surface area contributed by atoms with Gasteiger partial charge >= 0.3 is 5.97 Å². The number of halogens is 3. The number of carbonyl (C=O) groups is 2. The first kappa shape index (κ1) is 38.1. The van der Waals surface area contributed by atoms with Crippen LogP contribution < -0.4 is 20.2 Å². The second-order valence-electron chi connectivity index (χ2n) is 12.5. The number of hydrogen-bond donors (Lipinski definition) is 0. The molecule has 0 N–H and O–H groups in total. The number of nitrogens with zero attached hydrogens (tertiary/aromatic N) is 2. The number of benzene rings is 6. The fourth-order valence-electron chi connectivity index (χ4n) is 6.75. The Hall–Kier alpha value is -5.22. The average molecular weight is 830 g/mol. The molecule has 7 rings (SSSR count). The lowest BCUT2D eigenvalue weighted by Gasteiger charge is -2.31. The van der Waals surface area contributed by atoms with Gasteiger partial charge in [0.25, 0.3) is 21.6 Å². The topological polar surface area (TPSA) is 124 Å². The SMILES string of the molecule is COC(=O)c1cc2c(cc1-c1ccc([N+](=O)[O-])cc1)N(S(=O)(=O)c1ccc(C)cc1)C(=O)C2=P(c1ccc(Cl)cc1)(c1ccc(Cl)cc1)c1ccc(Cl)cc1. The van der Waals surface area contributed by atoms with E-state index in [9.17, 15) is 23.3 Å². The molecule has 6 aromatic rings. The number of anilines is 1. The van der Waals surface area contributed by atoms with Gasteiger partial charge in [-0.3, -0.25) is 14.9 Å². The molecular formula is C41H28Cl3N2O7PS. The zero-order valence-corrected chi connectivity index (χ0v) is 32.9. The molecule has 55 heavy (non-hydrogen) atoms. The van der Waals surface area contributed by atoms with E-state index in [0.29, 0.717) is 36.5 Å². The number of non-ortho nitro benzene ring substituents is 1. The number of nitro groups is 1. The van der Waals surface area contributed by atoms with Gasteiger partial charge < -0.3 is 4.74 Å². The largest absolute Gasteiger partial charge is 0.465 e. The summed E-state index contributed by atoms with van der Waals surface area (Å²) < 4.78 is 35.7. The number of ether oxygens (including phenoxy) is 1. The zero-order valence-electron chi connectivity index (χ0n) is 28.9. The first-order valence-corrected chi connectivity index (χ1v) is 20.9. The van der Waals surface area contributed by atoms with Gasteiger partial charge in [-0.05, 0) is 114 Å². The summed E-state index contributed by atoms with van der Waals surface area (Å²) in [5.41, 5.74) is 1.28. The van der Waals surface area contributed by atoms with Gasteiger partial charge in [0.15, 0.2) is 0 Å². The molecule has 1 heterocycles. The molecular weight excluding hydrogens is 802 g/mol. The monoisotopic (exact) mass is 828 g/mol. The first-order chi connectivity index (χ1) is 26.3. The molecule has 0 bridgehead atoms. The standard InChI is InChI=1S/C41H28Cl3N2O7PS/c1-25-3-21-34(22-4-25)55(51,52)45-38-24-35(26-5-13-30(14-6-26)46(49)50)36(41(48)53-2)23-37(38)39(40(45)47)54(31-15-7-27(42)8-16-31,32-17-9-28(43)10-18-32)33-19-11-29(44)12-20-33/h3-24H,1-2H3. The Morgan fingerprint density at radius 3 is 1.62 bits per heavy atom. The maximum Gasteiger partial charge on any atom is 0.338 e. The zero-order chi connectivity index (χ0) is 39.2. The highest BCUT2D eigenvalue weighted by atomic mass is 35.5. The van der Waals surface area contributed by atoms with Crippen molar-refractivity contribution in [2.24, 2.45) is 0 Å². The van der Waals surface area contributed by atoms with Crippen molar-refractivity contribution >= 4 is 96.2 Å². The van der Waals surface area contributed by atoms with Crippen molar-refractivity contribution < 1.29 is 27.7 Å². The van der Waals surface area contributed by atoms with E-state index in [1.165, 1.54) is 55.6 Å². The number of esters is 1. The first-order valence-electron chi connectivity index (χ1n) is 16.5. The van der Waals surface area contributed by atoms with Gasteiger partial charge in [0.05, 0.1) is 33.5 Å². The van der Waals surface area contributed by atoms with Gasteiger partial charge in [0, 0.05) is 32.8 Å². The molecule has 9 nitrogen and oxygen atoms in total. The number of fused-ring (bicyclic) bond motifs is 1. The van der Waals surface area contributed by atoms with Gasteiger partial charge in [-0.2, -0.15) is 4.31 Å². The summed E-state index contributed by atoms with van der Waals surface area (Å²) in [5.74, 6) is -1.63. The van der Waals surface area contributed by atoms with E-state index in [2.05, 4.69) is 0 Å². The van der Waals surface area contributed by atoms with Crippen molar-refractivity contribution in [2.75, 3.05) is 11.4 Å². The molecule has 0 radical (unpaired) electrons. The van der Waals surface area contributed by atoms with Crippen LogP contribution in [0.5, 0.6) is 0 Å². The quantitative estimate of drug-likeness (QED) is 0.0652. The van der Waals surface area contributed by atoms with Crippen molar-refractivity contribution in [2.45, 2.75) is 11.8 Å². The molecule has 6 aromatic carbocycles. The Bertz CT molecular complexity index is 2570. The van der Waals surface area contributed by atoms with E-state index in [4.69, 9.17) is 39.5 Å². The third kappa shape index (κ3) is 6.64. The summed E-state index contributed by atoms with van der Waals surface area (Å²) in [6.45, 7) is -1.65. The van der Waals surface area contributed by atoms with Gasteiger partial charge in [-0.25, -0.2) is 13.2 Å². The third-order valence-corrected chi connectivity index (χ3v) is 16.1. The van der Waals surface area contributed by atoms with Gasteiger partial charge in [-0.1, -0.05) is 88.9 Å². The average Bonchev–Trinajstić information content (AvgIpc) is 3.47. The number of nitro benzene ring substituents is 1. The minimum atomic E-state index is -4.62. The fraction of sp³-hybridized carbons (Fsp3) is 0.0488. The third-order valence-electron chi connectivity index (χ3n) is 9.33. The lowest BCUT2D eigenvalue weighted by molar-refractivity contribution is -0.384. The lowest BCUT2D eigenvalue weighted by atomic mass is 9.96. The summed E-state index contributed by atoms with van der Waals surface area (Å²) >= 11 is 19.3. The Labute approximate surface area is 331 Å². The van der Waals surface area contributed by atoms with E-state index in [1.807, 2.05) is 6.92 Å². The molecule has 0 fully saturated rings. The molecule has 1 aliphatic rings. The summed E-state index contributed by atoms with van der Waals surface area (Å²) in [5, 5.41) is 14.8. The molecule has 0 aromatic heterocycles. The van der Waals surface area contributed by atoms with Crippen LogP contribution in [0.4, 0.5) is 11.4 Å². The Kier molecular flexibility index (Phi) is 10.2. The summed E-state index contributed by atoms with van der Waals surface area (Å²) in [7, 11) is -3.42. The number of amides is 1. The van der Waals surface area contributed by atoms with Crippen LogP contribution in [0.25, 0.3) is 11.1 Å².